The lowest BCUT2D eigenvalue weighted by Crippen LogP contribution is -1.99. The maximum atomic E-state index is 5.65. The van der Waals surface area contributed by atoms with Crippen molar-refractivity contribution in [3.8, 4) is 11.7 Å². The quantitative estimate of drug-likeness (QED) is 0.870. The first-order valence-electron chi connectivity index (χ1n) is 4.70. The van der Waals surface area contributed by atoms with Gasteiger partial charge in [0.1, 0.15) is 5.76 Å². The number of rotatable bonds is 4. The van der Waals surface area contributed by atoms with Gasteiger partial charge in [0.15, 0.2) is 11.0 Å². The molecule has 2 heterocycles. The minimum absolute atomic E-state index is 0.326. The summed E-state index contributed by atoms with van der Waals surface area (Å²) in [5, 5.41) is 0.326. The Morgan fingerprint density at radius 2 is 2.20 bits per heavy atom. The van der Waals surface area contributed by atoms with E-state index in [1.165, 1.54) is 0 Å². The van der Waals surface area contributed by atoms with Crippen molar-refractivity contribution in [2.75, 3.05) is 6.54 Å². The highest BCUT2D eigenvalue weighted by Gasteiger charge is 2.10. The molecule has 2 aromatic rings. The predicted molar refractivity (Wildman–Crippen MR) is 56.6 cm³/mol. The van der Waals surface area contributed by atoms with Crippen LogP contribution in [0.1, 0.15) is 12.2 Å². The van der Waals surface area contributed by atoms with Crippen LogP contribution < -0.4 is 5.73 Å². The Labute approximate surface area is 92.0 Å². The molecule has 0 aliphatic rings. The molecule has 0 saturated carbocycles. The summed E-state index contributed by atoms with van der Waals surface area (Å²) >= 11 is 5.65. The van der Waals surface area contributed by atoms with Gasteiger partial charge >= 0.3 is 0 Å². The number of hydrogen-bond acceptors (Lipinski definition) is 4. The van der Waals surface area contributed by atoms with E-state index in [4.69, 9.17) is 26.2 Å². The van der Waals surface area contributed by atoms with E-state index in [9.17, 15) is 0 Å². The van der Waals surface area contributed by atoms with Crippen molar-refractivity contribution in [3.05, 3.63) is 29.3 Å². The molecule has 2 rings (SSSR count). The number of furan rings is 1. The number of nitrogens with zero attached hydrogens (tertiary/aromatic N) is 1. The Morgan fingerprint density at radius 3 is 2.87 bits per heavy atom. The highest BCUT2D eigenvalue weighted by Crippen LogP contribution is 2.24. The van der Waals surface area contributed by atoms with Gasteiger partial charge in [-0.25, -0.2) is 4.98 Å². The highest BCUT2D eigenvalue weighted by molar-refractivity contribution is 6.28. The lowest BCUT2D eigenvalue weighted by molar-refractivity contribution is 0.483. The molecule has 2 aromatic heterocycles. The third-order valence-corrected chi connectivity index (χ3v) is 2.17. The van der Waals surface area contributed by atoms with Gasteiger partial charge in [-0.2, -0.15) is 0 Å². The largest absolute Gasteiger partial charge is 0.440 e. The summed E-state index contributed by atoms with van der Waals surface area (Å²) in [5.41, 5.74) is 5.40. The summed E-state index contributed by atoms with van der Waals surface area (Å²) in [6, 6.07) is 3.38. The van der Waals surface area contributed by atoms with Gasteiger partial charge in [-0.3, -0.25) is 0 Å². The van der Waals surface area contributed by atoms with Crippen LogP contribution in [-0.2, 0) is 6.42 Å². The molecular formula is C10H11ClN2O2. The lowest BCUT2D eigenvalue weighted by Gasteiger charge is -1.91. The van der Waals surface area contributed by atoms with Crippen LogP contribution in [0.25, 0.3) is 11.7 Å². The van der Waals surface area contributed by atoms with E-state index in [0.29, 0.717) is 23.4 Å². The van der Waals surface area contributed by atoms with Crippen molar-refractivity contribution < 1.29 is 8.83 Å². The van der Waals surface area contributed by atoms with Crippen LogP contribution in [-0.4, -0.2) is 11.5 Å². The Balaban J connectivity index is 2.13. The molecule has 5 heteroatoms. The molecule has 0 unspecified atom stereocenters. The summed E-state index contributed by atoms with van der Waals surface area (Å²) in [6.45, 7) is 0.641. The van der Waals surface area contributed by atoms with E-state index in [0.717, 1.165) is 18.6 Å². The fourth-order valence-electron chi connectivity index (χ4n) is 1.24. The molecule has 0 spiro atoms. The second-order valence-corrected chi connectivity index (χ2v) is 3.50. The van der Waals surface area contributed by atoms with Crippen LogP contribution in [0.5, 0.6) is 0 Å². The number of aromatic nitrogens is 1. The van der Waals surface area contributed by atoms with Crippen LogP contribution >= 0.6 is 11.6 Å². The van der Waals surface area contributed by atoms with Crippen LogP contribution in [0.4, 0.5) is 0 Å². The standard InChI is InChI=1S/C10H11ClN2O2/c11-9-4-3-8(15-9)10-13-6-7(14-10)2-1-5-12/h3-4,6H,1-2,5,12H2. The molecule has 4 nitrogen and oxygen atoms in total. The van der Waals surface area contributed by atoms with E-state index < -0.39 is 0 Å². The van der Waals surface area contributed by atoms with Gasteiger partial charge < -0.3 is 14.6 Å². The maximum absolute atomic E-state index is 5.65. The molecule has 0 aliphatic carbocycles. The summed E-state index contributed by atoms with van der Waals surface area (Å²) in [5.74, 6) is 1.80. The molecule has 0 aliphatic heterocycles. The monoisotopic (exact) mass is 226 g/mol. The smallest absolute Gasteiger partial charge is 0.263 e. The van der Waals surface area contributed by atoms with Gasteiger partial charge in [-0.05, 0) is 36.7 Å². The van der Waals surface area contributed by atoms with Crippen molar-refractivity contribution in [2.45, 2.75) is 12.8 Å². The normalized spacial score (nSPS) is 10.8. The number of hydrogen-bond donors (Lipinski definition) is 1. The summed E-state index contributed by atoms with van der Waals surface area (Å²) in [4.78, 5) is 4.09. The van der Waals surface area contributed by atoms with E-state index in [2.05, 4.69) is 4.98 Å². The third kappa shape index (κ3) is 2.40. The van der Waals surface area contributed by atoms with Crippen LogP contribution in [0.15, 0.2) is 27.2 Å². The van der Waals surface area contributed by atoms with Crippen molar-refractivity contribution in [2.24, 2.45) is 5.73 Å². The third-order valence-electron chi connectivity index (χ3n) is 1.96. The fraction of sp³-hybridized carbons (Fsp3) is 0.300. The maximum Gasteiger partial charge on any atom is 0.263 e. The topological polar surface area (TPSA) is 65.2 Å². The zero-order valence-electron chi connectivity index (χ0n) is 8.07. The second-order valence-electron chi connectivity index (χ2n) is 3.13. The van der Waals surface area contributed by atoms with Gasteiger partial charge in [-0.1, -0.05) is 0 Å². The highest BCUT2D eigenvalue weighted by atomic mass is 35.5. The van der Waals surface area contributed by atoms with E-state index in [-0.39, 0.29) is 0 Å². The lowest BCUT2D eigenvalue weighted by atomic mass is 10.3. The Hall–Kier alpha value is -1.26. The molecule has 0 aromatic carbocycles. The molecular weight excluding hydrogens is 216 g/mol. The minimum Gasteiger partial charge on any atom is -0.440 e. The zero-order chi connectivity index (χ0) is 10.7. The van der Waals surface area contributed by atoms with Crippen LogP contribution in [0.2, 0.25) is 5.22 Å². The number of aryl methyl sites for hydroxylation is 1. The molecule has 0 bridgehead atoms. The minimum atomic E-state index is 0.326. The van der Waals surface area contributed by atoms with Gasteiger partial charge in [0.2, 0.25) is 0 Å². The summed E-state index contributed by atoms with van der Waals surface area (Å²) < 4.78 is 10.6. The van der Waals surface area contributed by atoms with Gasteiger partial charge in [0.05, 0.1) is 6.20 Å². The molecule has 80 valence electrons. The van der Waals surface area contributed by atoms with Crippen LogP contribution in [0.3, 0.4) is 0 Å². The molecule has 0 fully saturated rings. The Kier molecular flexibility index (Phi) is 3.08. The number of nitrogens with two attached hydrogens (primary N) is 1. The molecule has 0 amide bonds. The van der Waals surface area contributed by atoms with Crippen molar-refractivity contribution in [1.29, 1.82) is 0 Å². The van der Waals surface area contributed by atoms with Crippen molar-refractivity contribution in [3.63, 3.8) is 0 Å². The SMILES string of the molecule is NCCCc1cnc(-c2ccc(Cl)o2)o1. The molecule has 0 radical (unpaired) electrons. The summed E-state index contributed by atoms with van der Waals surface area (Å²) in [6.07, 6.45) is 3.35. The molecule has 0 atom stereocenters. The number of oxazole rings is 1. The van der Waals surface area contributed by atoms with E-state index >= 15 is 0 Å². The van der Waals surface area contributed by atoms with Crippen molar-refractivity contribution in [1.82, 2.24) is 4.98 Å². The van der Waals surface area contributed by atoms with E-state index in [1.54, 1.807) is 18.3 Å². The second kappa shape index (κ2) is 4.51. The van der Waals surface area contributed by atoms with Gasteiger partial charge in [0.25, 0.3) is 5.89 Å². The van der Waals surface area contributed by atoms with Crippen LogP contribution in [0, 0.1) is 0 Å². The first kappa shape index (κ1) is 10.3. The molecule has 2 N–H and O–H groups in total. The van der Waals surface area contributed by atoms with Crippen molar-refractivity contribution >= 4 is 11.6 Å². The molecule has 0 saturated heterocycles. The van der Waals surface area contributed by atoms with Gasteiger partial charge in [0, 0.05) is 6.42 Å². The average Bonchev–Trinajstić information content (AvgIpc) is 2.83. The average molecular weight is 227 g/mol. The Morgan fingerprint density at radius 1 is 1.33 bits per heavy atom. The summed E-state index contributed by atoms with van der Waals surface area (Å²) in [7, 11) is 0. The number of halogens is 1. The van der Waals surface area contributed by atoms with E-state index in [1.807, 2.05) is 0 Å². The van der Waals surface area contributed by atoms with Gasteiger partial charge in [-0.15, -0.1) is 0 Å². The fourth-order valence-corrected chi connectivity index (χ4v) is 1.39. The first-order chi connectivity index (χ1) is 7.29. The molecule has 15 heavy (non-hydrogen) atoms. The predicted octanol–water partition coefficient (Wildman–Crippen LogP) is 2.48. The zero-order valence-corrected chi connectivity index (χ0v) is 8.83. The first-order valence-corrected chi connectivity index (χ1v) is 5.08. The Bertz CT molecular complexity index is 436.